The molecule has 0 radical (unpaired) electrons. The van der Waals surface area contributed by atoms with Crippen LogP contribution in [0.2, 0.25) is 0 Å². The van der Waals surface area contributed by atoms with Crippen LogP contribution >= 0.6 is 0 Å². The van der Waals surface area contributed by atoms with Crippen molar-refractivity contribution in [3.63, 3.8) is 0 Å². The molecule has 0 atom stereocenters. The van der Waals surface area contributed by atoms with Gasteiger partial charge in [-0.25, -0.2) is 13.8 Å². The first-order valence-corrected chi connectivity index (χ1v) is 14.0. The van der Waals surface area contributed by atoms with Crippen LogP contribution in [0.25, 0.3) is 39.1 Å². The van der Waals surface area contributed by atoms with E-state index in [-0.39, 0.29) is 11.4 Å². The highest BCUT2D eigenvalue weighted by atomic mass is 19.1. The Morgan fingerprint density at radius 1 is 0.432 bits per heavy atom. The van der Waals surface area contributed by atoms with Crippen molar-refractivity contribution >= 4 is 34.1 Å². The predicted molar refractivity (Wildman–Crippen MR) is 162 cm³/mol. The second-order valence-corrected chi connectivity index (χ2v) is 11.2. The van der Waals surface area contributed by atoms with E-state index >= 15 is 0 Å². The molecule has 0 N–H and O–H groups in total. The molecule has 0 amide bonds. The summed E-state index contributed by atoms with van der Waals surface area (Å²) in [5, 5.41) is 0. The number of Topliss-reactive ketones (excluding diaryl/α,β-unsaturated/α-hetero) is 3. The van der Waals surface area contributed by atoms with Gasteiger partial charge < -0.3 is 0 Å². The number of halogens is 2. The molecule has 0 aliphatic heterocycles. The summed E-state index contributed by atoms with van der Waals surface area (Å²) in [5.41, 5.74) is 7.52. The second-order valence-electron chi connectivity index (χ2n) is 11.2. The van der Waals surface area contributed by atoms with Crippen LogP contribution in [-0.4, -0.2) is 22.3 Å². The summed E-state index contributed by atoms with van der Waals surface area (Å²) >= 11 is 0. The van der Waals surface area contributed by atoms with Gasteiger partial charge in [-0.1, -0.05) is 61.2 Å². The highest BCUT2D eigenvalue weighted by Gasteiger charge is 2.42. The predicted octanol–water partition coefficient (Wildman–Crippen LogP) is 7.91. The van der Waals surface area contributed by atoms with Crippen molar-refractivity contribution in [1.29, 1.82) is 0 Å². The lowest BCUT2D eigenvalue weighted by Crippen LogP contribution is -2.05. The number of rotatable bonds is 0. The van der Waals surface area contributed by atoms with Gasteiger partial charge in [0.25, 0.3) is 0 Å². The molecule has 6 heteroatoms. The van der Waals surface area contributed by atoms with Crippen LogP contribution < -0.4 is 0 Å². The molecular formula is C38H17F2NO3. The van der Waals surface area contributed by atoms with Crippen LogP contribution in [0.1, 0.15) is 59.0 Å². The number of nitrogens with zero attached hydrogens (tertiary/aromatic N) is 1. The quantitative estimate of drug-likeness (QED) is 0.137. The summed E-state index contributed by atoms with van der Waals surface area (Å²) in [6, 6.07) is 24.2. The molecule has 1 heterocycles. The van der Waals surface area contributed by atoms with Crippen LogP contribution in [0.4, 0.5) is 8.78 Å². The topological polar surface area (TPSA) is 64.1 Å². The van der Waals surface area contributed by atoms with E-state index in [1.165, 1.54) is 24.3 Å². The Morgan fingerprint density at radius 2 is 0.955 bits per heavy atom. The van der Waals surface area contributed by atoms with Gasteiger partial charge in [-0.3, -0.25) is 14.4 Å². The van der Waals surface area contributed by atoms with Gasteiger partial charge in [0.05, 0.1) is 17.0 Å². The fourth-order valence-corrected chi connectivity index (χ4v) is 7.08. The number of hydrogen-bond donors (Lipinski definition) is 0. The second kappa shape index (κ2) is 8.36. The zero-order valence-electron chi connectivity index (χ0n) is 22.8. The number of benzene rings is 4. The van der Waals surface area contributed by atoms with Crippen LogP contribution in [0.3, 0.4) is 0 Å². The Bertz CT molecular complexity index is 2140. The molecule has 4 aliphatic rings. The van der Waals surface area contributed by atoms with Crippen LogP contribution in [-0.2, 0) is 0 Å². The fraction of sp³-hybridized carbons (Fsp3) is 0. The average Bonchev–Trinajstić information content (AvgIpc) is 3.67. The van der Waals surface area contributed by atoms with Gasteiger partial charge in [-0.2, -0.15) is 0 Å². The largest absolute Gasteiger partial charge is 0.289 e. The first kappa shape index (κ1) is 24.7. The summed E-state index contributed by atoms with van der Waals surface area (Å²) < 4.78 is 29.5. The Balaban J connectivity index is 1.38. The summed E-state index contributed by atoms with van der Waals surface area (Å²) in [6.07, 6.45) is 0. The summed E-state index contributed by atoms with van der Waals surface area (Å²) in [7, 11) is 0. The summed E-state index contributed by atoms with van der Waals surface area (Å²) in [6.45, 7) is 4.23. The fourth-order valence-electron chi connectivity index (χ4n) is 7.08. The van der Waals surface area contributed by atoms with Crippen LogP contribution in [0.5, 0.6) is 0 Å². The Morgan fingerprint density at radius 3 is 1.57 bits per heavy atom. The number of aromatic nitrogens is 1. The maximum Gasteiger partial charge on any atom is 0.198 e. The molecule has 44 heavy (non-hydrogen) atoms. The van der Waals surface area contributed by atoms with E-state index in [0.29, 0.717) is 89.3 Å². The number of hydrogen-bond acceptors (Lipinski definition) is 4. The van der Waals surface area contributed by atoms with Gasteiger partial charge in [0, 0.05) is 50.1 Å². The summed E-state index contributed by atoms with van der Waals surface area (Å²) in [4.78, 5) is 46.3. The van der Waals surface area contributed by atoms with E-state index in [4.69, 9.17) is 4.98 Å². The number of ketones is 3. The van der Waals surface area contributed by atoms with E-state index in [0.717, 1.165) is 0 Å². The van der Waals surface area contributed by atoms with E-state index in [1.807, 2.05) is 18.2 Å². The molecule has 0 saturated carbocycles. The van der Waals surface area contributed by atoms with Gasteiger partial charge >= 0.3 is 0 Å². The lowest BCUT2D eigenvalue weighted by atomic mass is 9.94. The standard InChI is InChI=1S/C38H17F2NO3/c1-17-20-6-2-3-7-23(20)36(42)30(17)32-26-14-18(39)10-12-21(26)28-16-29-31(33-37(43)24-8-4-5-9-25(24)38(33)44)27-15-19(40)11-13-22(27)34(29)41-35(28)32/h2-16H,1H2/b32-30+. The number of fused-ring (bicyclic) bond motifs is 8. The third kappa shape index (κ3) is 2.99. The van der Waals surface area contributed by atoms with Gasteiger partial charge in [0.15, 0.2) is 17.3 Å². The highest BCUT2D eigenvalue weighted by Crippen LogP contribution is 2.54. The van der Waals surface area contributed by atoms with E-state index in [1.54, 1.807) is 48.5 Å². The minimum absolute atomic E-state index is 0.0377. The van der Waals surface area contributed by atoms with Gasteiger partial charge in [0.1, 0.15) is 11.6 Å². The highest BCUT2D eigenvalue weighted by molar-refractivity contribution is 6.44. The SMILES string of the molecule is C=C1/C(=C2/c3cc(F)ccc3-c3cc4c(nc32)-c2ccc(F)cc2C4=C2C(=O)c3ccccc3C2=O)C(=O)c2ccccc21. The van der Waals surface area contributed by atoms with Crippen LogP contribution in [0, 0.1) is 11.6 Å². The molecule has 1 aromatic heterocycles. The Kier molecular flexibility index (Phi) is 4.69. The monoisotopic (exact) mass is 573 g/mol. The number of allylic oxidation sites excluding steroid dienone is 3. The zero-order valence-corrected chi connectivity index (χ0v) is 22.8. The number of pyridine rings is 1. The smallest absolute Gasteiger partial charge is 0.198 e. The minimum Gasteiger partial charge on any atom is -0.289 e. The van der Waals surface area contributed by atoms with Gasteiger partial charge in [0.2, 0.25) is 0 Å². The number of carbonyl (C=O) groups is 3. The maximum absolute atomic E-state index is 14.8. The van der Waals surface area contributed by atoms with Crippen LogP contribution in [0.15, 0.2) is 109 Å². The summed E-state index contributed by atoms with van der Waals surface area (Å²) in [5.74, 6) is -2.08. The molecule has 9 rings (SSSR count). The molecule has 4 aromatic carbocycles. The van der Waals surface area contributed by atoms with Crippen molar-refractivity contribution in [3.8, 4) is 22.4 Å². The molecule has 0 saturated heterocycles. The Hall–Kier alpha value is -5.88. The van der Waals surface area contributed by atoms with E-state index < -0.39 is 23.2 Å². The minimum atomic E-state index is -0.521. The lowest BCUT2D eigenvalue weighted by Gasteiger charge is -2.10. The van der Waals surface area contributed by atoms with Crippen molar-refractivity contribution in [2.75, 3.05) is 0 Å². The van der Waals surface area contributed by atoms with Crippen molar-refractivity contribution < 1.29 is 23.2 Å². The molecule has 4 nitrogen and oxygen atoms in total. The molecule has 5 aromatic rings. The molecule has 0 unspecified atom stereocenters. The first-order valence-electron chi connectivity index (χ1n) is 14.0. The third-order valence-corrected chi connectivity index (χ3v) is 8.97. The third-order valence-electron chi connectivity index (χ3n) is 8.97. The molecular weight excluding hydrogens is 556 g/mol. The molecule has 0 fully saturated rings. The molecule has 0 bridgehead atoms. The zero-order chi connectivity index (χ0) is 30.0. The van der Waals surface area contributed by atoms with E-state index in [9.17, 15) is 23.2 Å². The van der Waals surface area contributed by atoms with Crippen molar-refractivity contribution in [1.82, 2.24) is 4.98 Å². The van der Waals surface area contributed by atoms with Crippen molar-refractivity contribution in [2.45, 2.75) is 0 Å². The maximum atomic E-state index is 14.8. The van der Waals surface area contributed by atoms with Gasteiger partial charge in [-0.15, -0.1) is 0 Å². The van der Waals surface area contributed by atoms with E-state index in [2.05, 4.69) is 6.58 Å². The number of carbonyl (C=O) groups excluding carboxylic acids is 3. The van der Waals surface area contributed by atoms with Gasteiger partial charge in [-0.05, 0) is 64.2 Å². The van der Waals surface area contributed by atoms with Crippen molar-refractivity contribution in [2.24, 2.45) is 0 Å². The molecule has 0 spiro atoms. The Labute approximate surface area is 249 Å². The first-order chi connectivity index (χ1) is 21.3. The van der Waals surface area contributed by atoms with Crippen molar-refractivity contribution in [3.05, 3.63) is 165 Å². The molecule has 4 aliphatic carbocycles. The molecule has 206 valence electrons. The normalized spacial score (nSPS) is 17.1. The average molecular weight is 574 g/mol. The lowest BCUT2D eigenvalue weighted by molar-refractivity contribution is 0.0987.